The molecule has 0 bridgehead atoms. The second-order valence-corrected chi connectivity index (χ2v) is 13.0. The van der Waals surface area contributed by atoms with Crippen molar-refractivity contribution in [3.63, 3.8) is 0 Å². The lowest BCUT2D eigenvalue weighted by Gasteiger charge is -2.12. The van der Waals surface area contributed by atoms with E-state index in [2.05, 4.69) is 188 Å². The molecule has 0 N–H and O–H groups in total. The Morgan fingerprint density at radius 1 is 0.340 bits per heavy atom. The molecule has 0 radical (unpaired) electrons. The molecule has 0 atom stereocenters. The smallest absolute Gasteiger partial charge is 0.137 e. The van der Waals surface area contributed by atoms with E-state index in [1.165, 1.54) is 43.4 Å². The molecule has 5 heterocycles. The van der Waals surface area contributed by atoms with E-state index in [0.717, 1.165) is 44.9 Å². The molecule has 234 valence electrons. The third-order valence-corrected chi connectivity index (χ3v) is 10.3. The van der Waals surface area contributed by atoms with Crippen molar-refractivity contribution in [3.8, 4) is 22.9 Å². The van der Waals surface area contributed by atoms with Gasteiger partial charge in [0.1, 0.15) is 5.82 Å². The monoisotopic (exact) mass is 639 g/mol. The van der Waals surface area contributed by atoms with Gasteiger partial charge in [0.05, 0.1) is 45.0 Å². The number of nitrogens with zero attached hydrogens (tertiary/aromatic N) is 5. The molecule has 0 aliphatic rings. The van der Waals surface area contributed by atoms with Crippen molar-refractivity contribution in [1.29, 1.82) is 0 Å². The Hall–Kier alpha value is -6.85. The van der Waals surface area contributed by atoms with E-state index >= 15 is 0 Å². The first-order chi connectivity index (χ1) is 24.8. The van der Waals surface area contributed by atoms with Crippen LogP contribution in [0.3, 0.4) is 0 Å². The third kappa shape index (κ3) is 3.86. The predicted octanol–water partition coefficient (Wildman–Crippen LogP) is 11.2. The highest BCUT2D eigenvalue weighted by atomic mass is 15.1. The lowest BCUT2D eigenvalue weighted by atomic mass is 10.1. The Kier molecular flexibility index (Phi) is 5.60. The molecule has 0 unspecified atom stereocenters. The first-order valence-corrected chi connectivity index (χ1v) is 17.0. The van der Waals surface area contributed by atoms with E-state index in [9.17, 15) is 0 Å². The number of fused-ring (bicyclic) bond motifs is 8. The van der Waals surface area contributed by atoms with E-state index in [0.29, 0.717) is 0 Å². The number of pyridine rings is 1. The van der Waals surface area contributed by atoms with Gasteiger partial charge in [-0.15, -0.1) is 0 Å². The van der Waals surface area contributed by atoms with Gasteiger partial charge in [-0.2, -0.15) is 0 Å². The maximum atomic E-state index is 5.19. The number of para-hydroxylation sites is 4. The third-order valence-electron chi connectivity index (χ3n) is 10.3. The van der Waals surface area contributed by atoms with Crippen molar-refractivity contribution in [2.45, 2.75) is 0 Å². The Morgan fingerprint density at radius 3 is 1.38 bits per heavy atom. The van der Waals surface area contributed by atoms with E-state index in [-0.39, 0.29) is 0 Å². The van der Waals surface area contributed by atoms with Crippen LogP contribution < -0.4 is 0 Å². The van der Waals surface area contributed by atoms with Gasteiger partial charge < -0.3 is 13.7 Å². The lowest BCUT2D eigenvalue weighted by Crippen LogP contribution is -2.00. The Morgan fingerprint density at radius 2 is 0.840 bits per heavy atom. The van der Waals surface area contributed by atoms with Gasteiger partial charge in [-0.3, -0.25) is 4.57 Å². The summed E-state index contributed by atoms with van der Waals surface area (Å²) in [5, 5.41) is 7.33. The Bertz CT molecular complexity index is 2860. The molecular weight excluding hydrogens is 611 g/mol. The zero-order chi connectivity index (χ0) is 32.8. The fourth-order valence-corrected chi connectivity index (χ4v) is 7.99. The topological polar surface area (TPSA) is 32.6 Å². The number of benzene rings is 6. The quantitative estimate of drug-likeness (QED) is 0.189. The second kappa shape index (κ2) is 10.3. The van der Waals surface area contributed by atoms with E-state index in [4.69, 9.17) is 4.98 Å². The SMILES string of the molecule is c1ccc(-n2ccc3cc4c5ccccc5n(-c5ccc(-n6c7ccccc7c7cc8ccn(-c9ccccc9)c8cc76)nc5)c4cc32)cc1. The minimum Gasteiger partial charge on any atom is -0.316 e. The molecule has 11 rings (SSSR count). The molecule has 0 fully saturated rings. The van der Waals surface area contributed by atoms with Crippen molar-refractivity contribution in [2.24, 2.45) is 0 Å². The van der Waals surface area contributed by atoms with Gasteiger partial charge in [0.25, 0.3) is 0 Å². The van der Waals surface area contributed by atoms with Crippen LogP contribution in [0.5, 0.6) is 0 Å². The first-order valence-electron chi connectivity index (χ1n) is 17.0. The summed E-state index contributed by atoms with van der Waals surface area (Å²) in [6.45, 7) is 0. The minimum atomic E-state index is 0.887. The summed E-state index contributed by atoms with van der Waals surface area (Å²) in [6, 6.07) is 56.5. The van der Waals surface area contributed by atoms with E-state index < -0.39 is 0 Å². The van der Waals surface area contributed by atoms with E-state index in [1.807, 2.05) is 6.20 Å². The summed E-state index contributed by atoms with van der Waals surface area (Å²) in [4.78, 5) is 5.19. The summed E-state index contributed by atoms with van der Waals surface area (Å²) < 4.78 is 9.19. The van der Waals surface area contributed by atoms with Crippen LogP contribution in [0, 0.1) is 0 Å². The fraction of sp³-hybridized carbons (Fsp3) is 0. The standard InChI is InChI=1S/C45H29N5/c1-3-11-32(12-4-1)47-23-21-30-25-37-35-15-7-9-17-39(35)49(43(37)27-41(30)47)34-19-20-45(46-29-34)50-40-18-10-8-16-36(40)38-26-31-22-24-48(42(31)28-44(38)50)33-13-5-2-6-14-33/h1-29H. The zero-order valence-electron chi connectivity index (χ0n) is 27.0. The summed E-state index contributed by atoms with van der Waals surface area (Å²) in [6.07, 6.45) is 6.35. The molecular formula is C45H29N5. The van der Waals surface area contributed by atoms with Crippen molar-refractivity contribution in [2.75, 3.05) is 0 Å². The molecule has 5 heteroatoms. The van der Waals surface area contributed by atoms with Crippen LogP contribution in [-0.2, 0) is 0 Å². The maximum Gasteiger partial charge on any atom is 0.137 e. The highest BCUT2D eigenvalue weighted by molar-refractivity contribution is 6.14. The molecule has 0 aliphatic heterocycles. The Labute approximate surface area is 287 Å². The summed E-state index contributed by atoms with van der Waals surface area (Å²) in [7, 11) is 0. The predicted molar refractivity (Wildman–Crippen MR) is 207 cm³/mol. The molecule has 5 nitrogen and oxygen atoms in total. The molecule has 0 amide bonds. The van der Waals surface area contributed by atoms with Crippen molar-refractivity contribution < 1.29 is 0 Å². The van der Waals surface area contributed by atoms with Crippen molar-refractivity contribution >= 4 is 65.4 Å². The Balaban J connectivity index is 1.11. The number of rotatable bonds is 4. The van der Waals surface area contributed by atoms with Gasteiger partial charge >= 0.3 is 0 Å². The molecule has 5 aromatic heterocycles. The van der Waals surface area contributed by atoms with Crippen molar-refractivity contribution in [1.82, 2.24) is 23.3 Å². The highest BCUT2D eigenvalue weighted by Gasteiger charge is 2.18. The highest BCUT2D eigenvalue weighted by Crippen LogP contribution is 2.38. The average Bonchev–Trinajstić information content (AvgIpc) is 3.94. The molecule has 11 aromatic rings. The average molecular weight is 640 g/mol. The van der Waals surface area contributed by atoms with Gasteiger partial charge in [-0.25, -0.2) is 4.98 Å². The lowest BCUT2D eigenvalue weighted by molar-refractivity contribution is 1.05. The summed E-state index contributed by atoms with van der Waals surface area (Å²) in [5.41, 5.74) is 10.3. The fourth-order valence-electron chi connectivity index (χ4n) is 7.99. The normalized spacial score (nSPS) is 12.0. The van der Waals surface area contributed by atoms with Crippen LogP contribution in [0.25, 0.3) is 88.3 Å². The van der Waals surface area contributed by atoms with Gasteiger partial charge in [0.15, 0.2) is 0 Å². The molecule has 50 heavy (non-hydrogen) atoms. The molecule has 0 spiro atoms. The minimum absolute atomic E-state index is 0.887. The number of hydrogen-bond donors (Lipinski definition) is 0. The zero-order valence-corrected chi connectivity index (χ0v) is 27.0. The van der Waals surface area contributed by atoms with Crippen LogP contribution in [0.15, 0.2) is 176 Å². The van der Waals surface area contributed by atoms with Crippen LogP contribution in [0.1, 0.15) is 0 Å². The largest absolute Gasteiger partial charge is 0.316 e. The molecule has 6 aromatic carbocycles. The van der Waals surface area contributed by atoms with Crippen LogP contribution in [0.2, 0.25) is 0 Å². The van der Waals surface area contributed by atoms with Crippen LogP contribution in [-0.4, -0.2) is 23.3 Å². The summed E-state index contributed by atoms with van der Waals surface area (Å²) >= 11 is 0. The number of aromatic nitrogens is 5. The first kappa shape index (κ1) is 27.1. The maximum absolute atomic E-state index is 5.19. The van der Waals surface area contributed by atoms with Crippen LogP contribution in [0.4, 0.5) is 0 Å². The number of hydrogen-bond acceptors (Lipinski definition) is 1. The van der Waals surface area contributed by atoms with E-state index in [1.54, 1.807) is 0 Å². The molecule has 0 saturated heterocycles. The summed E-state index contributed by atoms with van der Waals surface area (Å²) in [5.74, 6) is 0.887. The van der Waals surface area contributed by atoms with Crippen molar-refractivity contribution in [3.05, 3.63) is 176 Å². The van der Waals surface area contributed by atoms with Gasteiger partial charge in [-0.1, -0.05) is 72.8 Å². The van der Waals surface area contributed by atoms with Gasteiger partial charge in [0.2, 0.25) is 0 Å². The van der Waals surface area contributed by atoms with Gasteiger partial charge in [-0.05, 0) is 84.9 Å². The molecule has 0 saturated carbocycles. The van der Waals surface area contributed by atoms with Gasteiger partial charge in [0, 0.05) is 56.1 Å². The van der Waals surface area contributed by atoms with Crippen LogP contribution >= 0.6 is 0 Å². The second-order valence-electron chi connectivity index (χ2n) is 13.0. The molecule has 0 aliphatic carbocycles.